The molecular formula is C15H14ClN3O2. The highest BCUT2D eigenvalue weighted by Crippen LogP contribution is 2.34. The van der Waals surface area contributed by atoms with Crippen LogP contribution in [0, 0.1) is 0 Å². The highest BCUT2D eigenvalue weighted by molar-refractivity contribution is 6.30. The summed E-state index contributed by atoms with van der Waals surface area (Å²) >= 11 is 5.99. The molecule has 0 fully saturated rings. The molecule has 2 heterocycles. The van der Waals surface area contributed by atoms with E-state index in [4.69, 9.17) is 22.1 Å². The Morgan fingerprint density at radius 1 is 1.38 bits per heavy atom. The Morgan fingerprint density at radius 3 is 2.95 bits per heavy atom. The third-order valence-corrected chi connectivity index (χ3v) is 3.52. The number of aromatic nitrogens is 1. The Balaban J connectivity index is 1.99. The lowest BCUT2D eigenvalue weighted by Crippen LogP contribution is -2.44. The van der Waals surface area contributed by atoms with Gasteiger partial charge in [0, 0.05) is 5.02 Å². The van der Waals surface area contributed by atoms with Crippen LogP contribution in [0.1, 0.15) is 12.5 Å². The molecule has 2 N–H and O–H groups in total. The summed E-state index contributed by atoms with van der Waals surface area (Å²) < 4.78 is 5.51. The van der Waals surface area contributed by atoms with Gasteiger partial charge in [0.1, 0.15) is 11.5 Å². The van der Waals surface area contributed by atoms with Crippen LogP contribution in [0.3, 0.4) is 0 Å². The smallest absolute Gasteiger partial charge is 0.268 e. The summed E-state index contributed by atoms with van der Waals surface area (Å²) in [4.78, 5) is 18.2. The van der Waals surface area contributed by atoms with Crippen LogP contribution >= 0.6 is 11.6 Å². The lowest BCUT2D eigenvalue weighted by molar-refractivity contribution is -0.125. The highest BCUT2D eigenvalue weighted by Gasteiger charge is 2.32. The van der Waals surface area contributed by atoms with Crippen molar-refractivity contribution in [3.63, 3.8) is 0 Å². The van der Waals surface area contributed by atoms with Crippen LogP contribution < -0.4 is 15.4 Å². The average Bonchev–Trinajstić information content (AvgIpc) is 2.44. The van der Waals surface area contributed by atoms with E-state index in [0.29, 0.717) is 29.0 Å². The fourth-order valence-electron chi connectivity index (χ4n) is 2.28. The molecule has 0 saturated heterocycles. The Hall–Kier alpha value is -2.27. The van der Waals surface area contributed by atoms with E-state index in [1.54, 1.807) is 30.0 Å². The number of carbonyl (C=O) groups is 1. The first kappa shape index (κ1) is 13.7. The molecule has 0 spiro atoms. The maximum Gasteiger partial charge on any atom is 0.268 e. The number of hydrogen-bond acceptors (Lipinski definition) is 4. The van der Waals surface area contributed by atoms with E-state index < -0.39 is 6.10 Å². The highest BCUT2D eigenvalue weighted by atomic mass is 35.5. The number of pyridine rings is 1. The third-order valence-electron chi connectivity index (χ3n) is 3.28. The quantitative estimate of drug-likeness (QED) is 0.926. The first-order valence-electron chi connectivity index (χ1n) is 6.53. The summed E-state index contributed by atoms with van der Waals surface area (Å²) in [5.41, 5.74) is 7.22. The van der Waals surface area contributed by atoms with Gasteiger partial charge in [-0.1, -0.05) is 23.7 Å². The van der Waals surface area contributed by atoms with Gasteiger partial charge in [-0.3, -0.25) is 9.69 Å². The van der Waals surface area contributed by atoms with Crippen LogP contribution in [0.5, 0.6) is 5.88 Å². The number of benzene rings is 1. The lowest BCUT2D eigenvalue weighted by atomic mass is 10.1. The van der Waals surface area contributed by atoms with Crippen molar-refractivity contribution in [3.05, 3.63) is 47.0 Å². The second kappa shape index (κ2) is 5.26. The van der Waals surface area contributed by atoms with E-state index in [1.165, 1.54) is 0 Å². The monoisotopic (exact) mass is 303 g/mol. The van der Waals surface area contributed by atoms with Crippen LogP contribution in [0.2, 0.25) is 5.02 Å². The number of nitrogens with two attached hydrogens (primary N) is 1. The van der Waals surface area contributed by atoms with Gasteiger partial charge >= 0.3 is 0 Å². The molecule has 0 unspecified atom stereocenters. The van der Waals surface area contributed by atoms with Gasteiger partial charge in [-0.05, 0) is 36.8 Å². The largest absolute Gasteiger partial charge is 0.463 e. The van der Waals surface area contributed by atoms with E-state index in [-0.39, 0.29) is 5.91 Å². The van der Waals surface area contributed by atoms with E-state index in [1.807, 2.05) is 18.2 Å². The summed E-state index contributed by atoms with van der Waals surface area (Å²) in [6.07, 6.45) is -0.592. The van der Waals surface area contributed by atoms with Gasteiger partial charge in [0.25, 0.3) is 5.91 Å². The van der Waals surface area contributed by atoms with Crippen LogP contribution in [0.4, 0.5) is 11.5 Å². The van der Waals surface area contributed by atoms with Gasteiger partial charge in [0.2, 0.25) is 5.88 Å². The molecule has 21 heavy (non-hydrogen) atoms. The van der Waals surface area contributed by atoms with Crippen molar-refractivity contribution in [3.8, 4) is 5.88 Å². The van der Waals surface area contributed by atoms with E-state index in [9.17, 15) is 4.79 Å². The second-order valence-corrected chi connectivity index (χ2v) is 5.31. The number of anilines is 2. The topological polar surface area (TPSA) is 68.5 Å². The number of rotatable bonds is 2. The number of carbonyl (C=O) groups excluding carboxylic acids is 1. The van der Waals surface area contributed by atoms with Crippen molar-refractivity contribution in [1.29, 1.82) is 0 Å². The van der Waals surface area contributed by atoms with Crippen LogP contribution in [0.15, 0.2) is 36.4 Å². The third kappa shape index (κ3) is 2.64. The van der Waals surface area contributed by atoms with Crippen molar-refractivity contribution in [2.75, 3.05) is 10.6 Å². The van der Waals surface area contributed by atoms with Crippen LogP contribution in [-0.2, 0) is 11.3 Å². The molecule has 1 aliphatic heterocycles. The summed E-state index contributed by atoms with van der Waals surface area (Å²) in [5.74, 6) is 0.621. The lowest BCUT2D eigenvalue weighted by Gasteiger charge is -2.32. The van der Waals surface area contributed by atoms with Gasteiger partial charge < -0.3 is 10.5 Å². The summed E-state index contributed by atoms with van der Waals surface area (Å²) in [5, 5.41) is 0.636. The number of nitrogens with zero attached hydrogens (tertiary/aromatic N) is 2. The Bertz CT molecular complexity index is 705. The van der Waals surface area contributed by atoms with Crippen LogP contribution in [-0.4, -0.2) is 17.0 Å². The first-order valence-corrected chi connectivity index (χ1v) is 6.91. The SMILES string of the molecule is C[C@H]1Oc2nc(N)ccc2N(Cc2cccc(Cl)c2)C1=O. The van der Waals surface area contributed by atoms with Gasteiger partial charge in [-0.15, -0.1) is 0 Å². The minimum atomic E-state index is -0.592. The van der Waals surface area contributed by atoms with Gasteiger partial charge in [0.05, 0.1) is 6.54 Å². The molecule has 0 radical (unpaired) electrons. The summed E-state index contributed by atoms with van der Waals surface area (Å²) in [7, 11) is 0. The maximum atomic E-state index is 12.4. The average molecular weight is 304 g/mol. The van der Waals surface area contributed by atoms with E-state index in [2.05, 4.69) is 4.98 Å². The number of fused-ring (bicyclic) bond motifs is 1. The molecule has 0 aliphatic carbocycles. The second-order valence-electron chi connectivity index (χ2n) is 4.87. The molecule has 2 aromatic rings. The number of amides is 1. The van der Waals surface area contributed by atoms with Crippen molar-refractivity contribution in [2.24, 2.45) is 0 Å². The fraction of sp³-hybridized carbons (Fsp3) is 0.200. The van der Waals surface area contributed by atoms with E-state index >= 15 is 0 Å². The molecule has 1 aromatic carbocycles. The zero-order valence-electron chi connectivity index (χ0n) is 11.4. The number of halogens is 1. The summed E-state index contributed by atoms with van der Waals surface area (Å²) in [6.45, 7) is 2.10. The molecule has 6 heteroatoms. The van der Waals surface area contributed by atoms with Gasteiger partial charge in [-0.25, -0.2) is 0 Å². The van der Waals surface area contributed by atoms with Crippen molar-refractivity contribution in [1.82, 2.24) is 4.98 Å². The van der Waals surface area contributed by atoms with Crippen molar-refractivity contribution in [2.45, 2.75) is 19.6 Å². The molecule has 1 aromatic heterocycles. The van der Waals surface area contributed by atoms with Gasteiger partial charge in [-0.2, -0.15) is 4.98 Å². The number of hydrogen-bond donors (Lipinski definition) is 1. The fourth-order valence-corrected chi connectivity index (χ4v) is 2.49. The molecule has 0 saturated carbocycles. The van der Waals surface area contributed by atoms with E-state index in [0.717, 1.165) is 5.56 Å². The van der Waals surface area contributed by atoms with Crippen molar-refractivity contribution >= 4 is 29.0 Å². The molecule has 1 amide bonds. The minimum absolute atomic E-state index is 0.117. The van der Waals surface area contributed by atoms with Crippen LogP contribution in [0.25, 0.3) is 0 Å². The molecule has 1 aliphatic rings. The number of nitrogen functional groups attached to an aromatic ring is 1. The maximum absolute atomic E-state index is 12.4. The molecular weight excluding hydrogens is 290 g/mol. The summed E-state index contributed by atoms with van der Waals surface area (Å²) in [6, 6.07) is 10.8. The molecule has 1 atom stereocenters. The number of ether oxygens (including phenoxy) is 1. The predicted octanol–water partition coefficient (Wildman–Crippen LogP) is 2.63. The molecule has 0 bridgehead atoms. The van der Waals surface area contributed by atoms with Gasteiger partial charge in [0.15, 0.2) is 6.10 Å². The molecule has 5 nitrogen and oxygen atoms in total. The molecule has 108 valence electrons. The Labute approximate surface area is 127 Å². The normalized spacial score (nSPS) is 17.3. The van der Waals surface area contributed by atoms with Crippen molar-refractivity contribution < 1.29 is 9.53 Å². The zero-order valence-corrected chi connectivity index (χ0v) is 12.2. The zero-order chi connectivity index (χ0) is 15.0. The minimum Gasteiger partial charge on any atom is -0.463 e. The molecule has 3 rings (SSSR count). The Kier molecular flexibility index (Phi) is 3.43. The predicted molar refractivity (Wildman–Crippen MR) is 81.4 cm³/mol. The Morgan fingerprint density at radius 2 is 2.19 bits per heavy atom. The standard InChI is InChI=1S/C15H14ClN3O2/c1-9-15(20)19(8-10-3-2-4-11(16)7-10)12-5-6-13(17)18-14(12)21-9/h2-7,9H,8H2,1H3,(H2,17,18)/t9-/m1/s1. The first-order chi connectivity index (χ1) is 10.0.